The van der Waals surface area contributed by atoms with Crippen LogP contribution in [0.5, 0.6) is 5.75 Å². The molecule has 0 radical (unpaired) electrons. The third-order valence-electron chi connectivity index (χ3n) is 2.13. The van der Waals surface area contributed by atoms with Gasteiger partial charge in [0.05, 0.1) is 14.0 Å². The summed E-state index contributed by atoms with van der Waals surface area (Å²) in [5, 5.41) is 9.58. The normalized spacial score (nSPS) is 11.2. The SMILES string of the molecule is [2H]c1nc2c(OC)cc(C(=O)O)cc2cc1Br. The number of fused-ring (bicyclic) bond motifs is 1. The summed E-state index contributed by atoms with van der Waals surface area (Å²) in [6.07, 6.45) is 0.0823. The summed E-state index contributed by atoms with van der Waals surface area (Å²) in [4.78, 5) is 15.0. The van der Waals surface area contributed by atoms with E-state index in [0.29, 0.717) is 21.1 Å². The highest BCUT2D eigenvalue weighted by Crippen LogP contribution is 2.27. The number of aromatic carboxylic acids is 1. The summed E-state index contributed by atoms with van der Waals surface area (Å²) in [6, 6.07) is 4.54. The van der Waals surface area contributed by atoms with Crippen molar-refractivity contribution in [3.8, 4) is 5.75 Å². The number of hydrogen-bond acceptors (Lipinski definition) is 3. The molecule has 0 spiro atoms. The van der Waals surface area contributed by atoms with E-state index in [0.717, 1.165) is 0 Å². The number of nitrogens with zero attached hydrogens (tertiary/aromatic N) is 1. The van der Waals surface area contributed by atoms with Crippen LogP contribution < -0.4 is 4.74 Å². The maximum absolute atomic E-state index is 10.9. The van der Waals surface area contributed by atoms with Crippen LogP contribution in [-0.2, 0) is 0 Å². The standard InChI is InChI=1S/C11H8BrNO3/c1-16-9-4-7(11(14)15)2-6-3-8(12)5-13-10(6)9/h2-5H,1H3,(H,14,15)/i5D. The third kappa shape index (κ3) is 1.86. The maximum atomic E-state index is 10.9. The Balaban J connectivity index is 2.82. The van der Waals surface area contributed by atoms with Crippen LogP contribution >= 0.6 is 15.9 Å². The van der Waals surface area contributed by atoms with Crippen LogP contribution in [0.2, 0.25) is 0 Å². The van der Waals surface area contributed by atoms with Gasteiger partial charge in [-0.05, 0) is 34.1 Å². The van der Waals surface area contributed by atoms with Crippen molar-refractivity contribution in [3.05, 3.63) is 34.4 Å². The molecular formula is C11H8BrNO3. The van der Waals surface area contributed by atoms with Gasteiger partial charge in [0.1, 0.15) is 11.3 Å². The molecule has 0 bridgehead atoms. The Morgan fingerprint density at radius 3 is 2.94 bits per heavy atom. The Morgan fingerprint density at radius 1 is 1.56 bits per heavy atom. The number of pyridine rings is 1. The zero-order chi connectivity index (χ0) is 12.6. The molecule has 5 heteroatoms. The highest BCUT2D eigenvalue weighted by molar-refractivity contribution is 9.10. The Bertz CT molecular complexity index is 615. The third-order valence-corrected chi connectivity index (χ3v) is 2.53. The number of hydrogen-bond donors (Lipinski definition) is 1. The van der Waals surface area contributed by atoms with Gasteiger partial charge in [-0.15, -0.1) is 0 Å². The largest absolute Gasteiger partial charge is 0.494 e. The number of carboxylic acids is 1. The summed E-state index contributed by atoms with van der Waals surface area (Å²) >= 11 is 3.19. The molecule has 0 amide bonds. The van der Waals surface area contributed by atoms with Gasteiger partial charge in [0.2, 0.25) is 0 Å². The number of carboxylic acid groups (broad SMARTS) is 1. The molecule has 0 aliphatic carbocycles. The van der Waals surface area contributed by atoms with Gasteiger partial charge in [0.15, 0.2) is 0 Å². The second-order valence-corrected chi connectivity index (χ2v) is 3.99. The van der Waals surface area contributed by atoms with Crippen LogP contribution in [0.25, 0.3) is 10.9 Å². The molecule has 4 nitrogen and oxygen atoms in total. The van der Waals surface area contributed by atoms with E-state index >= 15 is 0 Å². The highest BCUT2D eigenvalue weighted by Gasteiger charge is 2.10. The monoisotopic (exact) mass is 282 g/mol. The van der Waals surface area contributed by atoms with Gasteiger partial charge in [-0.1, -0.05) is 0 Å². The lowest BCUT2D eigenvalue weighted by Crippen LogP contribution is -1.98. The van der Waals surface area contributed by atoms with E-state index in [-0.39, 0.29) is 11.7 Å². The Kier molecular flexibility index (Phi) is 2.46. The van der Waals surface area contributed by atoms with Gasteiger partial charge in [0, 0.05) is 16.0 Å². The van der Waals surface area contributed by atoms with Crippen molar-refractivity contribution in [2.75, 3.05) is 7.11 Å². The first-order valence-electron chi connectivity index (χ1n) is 4.91. The van der Waals surface area contributed by atoms with Crippen LogP contribution in [0, 0.1) is 0 Å². The van der Waals surface area contributed by atoms with Crippen molar-refractivity contribution in [2.45, 2.75) is 0 Å². The average molecular weight is 283 g/mol. The minimum Gasteiger partial charge on any atom is -0.494 e. The van der Waals surface area contributed by atoms with Crippen molar-refractivity contribution < 1.29 is 16.0 Å². The molecule has 0 fully saturated rings. The van der Waals surface area contributed by atoms with Crippen LogP contribution in [0.3, 0.4) is 0 Å². The average Bonchev–Trinajstić information content (AvgIpc) is 2.29. The first kappa shape index (κ1) is 9.59. The molecule has 2 rings (SSSR count). The van der Waals surface area contributed by atoms with Crippen LogP contribution in [0.15, 0.2) is 28.8 Å². The number of halogens is 1. The fourth-order valence-electron chi connectivity index (χ4n) is 1.42. The molecule has 1 aromatic heterocycles. The molecule has 1 N–H and O–H groups in total. The summed E-state index contributed by atoms with van der Waals surface area (Å²) in [7, 11) is 1.44. The first-order valence-corrected chi connectivity index (χ1v) is 5.20. The van der Waals surface area contributed by atoms with Gasteiger partial charge in [-0.3, -0.25) is 4.98 Å². The molecule has 0 unspecified atom stereocenters. The van der Waals surface area contributed by atoms with Crippen molar-refractivity contribution in [1.29, 1.82) is 0 Å². The number of ether oxygens (including phenoxy) is 1. The summed E-state index contributed by atoms with van der Waals surface area (Å²) in [5.74, 6) is -0.683. The predicted molar refractivity (Wildman–Crippen MR) is 63.0 cm³/mol. The molecule has 0 aliphatic heterocycles. The van der Waals surface area contributed by atoms with Crippen LogP contribution in [-0.4, -0.2) is 23.2 Å². The number of methoxy groups -OCH3 is 1. The molecule has 0 atom stereocenters. The van der Waals surface area contributed by atoms with Gasteiger partial charge >= 0.3 is 5.97 Å². The van der Waals surface area contributed by atoms with Crippen molar-refractivity contribution in [1.82, 2.24) is 4.98 Å². The zero-order valence-electron chi connectivity index (χ0n) is 9.32. The Labute approximate surface area is 101 Å². The fourth-order valence-corrected chi connectivity index (χ4v) is 1.75. The quantitative estimate of drug-likeness (QED) is 0.920. The van der Waals surface area contributed by atoms with E-state index in [2.05, 4.69) is 20.9 Å². The second-order valence-electron chi connectivity index (χ2n) is 3.14. The molecular weight excluding hydrogens is 274 g/mol. The predicted octanol–water partition coefficient (Wildman–Crippen LogP) is 2.70. The lowest BCUT2D eigenvalue weighted by molar-refractivity contribution is 0.0696. The highest BCUT2D eigenvalue weighted by atomic mass is 79.9. The van der Waals surface area contributed by atoms with Crippen molar-refractivity contribution in [2.24, 2.45) is 0 Å². The van der Waals surface area contributed by atoms with Gasteiger partial charge in [-0.2, -0.15) is 0 Å². The van der Waals surface area contributed by atoms with E-state index in [4.69, 9.17) is 11.2 Å². The minimum absolute atomic E-state index is 0.0823. The molecule has 0 saturated heterocycles. The smallest absolute Gasteiger partial charge is 0.335 e. The Hall–Kier alpha value is -1.62. The van der Waals surface area contributed by atoms with E-state index in [1.165, 1.54) is 19.2 Å². The molecule has 0 saturated carbocycles. The van der Waals surface area contributed by atoms with Gasteiger partial charge in [-0.25, -0.2) is 4.79 Å². The minimum atomic E-state index is -1.03. The summed E-state index contributed by atoms with van der Waals surface area (Å²) in [6.45, 7) is 0. The van der Waals surface area contributed by atoms with E-state index < -0.39 is 5.97 Å². The number of rotatable bonds is 2. The summed E-state index contributed by atoms with van der Waals surface area (Å²) < 4.78 is 13.2. The van der Waals surface area contributed by atoms with Crippen LogP contribution in [0.4, 0.5) is 0 Å². The lowest BCUT2D eigenvalue weighted by atomic mass is 10.1. The van der Waals surface area contributed by atoms with E-state index in [1.54, 1.807) is 6.07 Å². The van der Waals surface area contributed by atoms with Gasteiger partial charge in [0.25, 0.3) is 0 Å². The van der Waals surface area contributed by atoms with Crippen molar-refractivity contribution in [3.63, 3.8) is 0 Å². The Morgan fingerprint density at radius 2 is 2.31 bits per heavy atom. The first-order chi connectivity index (χ1) is 8.02. The molecule has 16 heavy (non-hydrogen) atoms. The molecule has 2 aromatic rings. The van der Waals surface area contributed by atoms with Crippen molar-refractivity contribution >= 4 is 32.8 Å². The van der Waals surface area contributed by atoms with Crippen LogP contribution in [0.1, 0.15) is 11.7 Å². The molecule has 82 valence electrons. The second kappa shape index (κ2) is 4.09. The maximum Gasteiger partial charge on any atom is 0.335 e. The zero-order valence-corrected chi connectivity index (χ0v) is 9.91. The van der Waals surface area contributed by atoms with E-state index in [9.17, 15) is 4.79 Å². The van der Waals surface area contributed by atoms with E-state index in [1.807, 2.05) is 0 Å². The van der Waals surface area contributed by atoms with Gasteiger partial charge < -0.3 is 9.84 Å². The molecule has 0 aliphatic rings. The number of carbonyl (C=O) groups is 1. The number of aromatic nitrogens is 1. The summed E-state index contributed by atoms with van der Waals surface area (Å²) in [5.41, 5.74) is 0.603. The number of benzene rings is 1. The molecule has 1 heterocycles. The lowest BCUT2D eigenvalue weighted by Gasteiger charge is -2.06. The fraction of sp³-hybridized carbons (Fsp3) is 0.0909. The molecule has 1 aromatic carbocycles. The topological polar surface area (TPSA) is 59.4 Å².